The van der Waals surface area contributed by atoms with Crippen molar-refractivity contribution in [1.82, 2.24) is 14.9 Å². The molecule has 10 heteroatoms. The number of thiophene rings is 2. The van der Waals surface area contributed by atoms with E-state index in [0.29, 0.717) is 43.6 Å². The van der Waals surface area contributed by atoms with Gasteiger partial charge in [0.05, 0.1) is 26.3 Å². The number of ether oxygens (including phenoxy) is 1. The molecule has 0 aromatic carbocycles. The highest BCUT2D eigenvalue weighted by molar-refractivity contribution is 7.91. The number of nitrogens with zero attached hydrogens (tertiary/aromatic N) is 2. The Labute approximate surface area is 168 Å². The van der Waals surface area contributed by atoms with E-state index >= 15 is 0 Å². The van der Waals surface area contributed by atoms with Gasteiger partial charge < -0.3 is 15.4 Å². The van der Waals surface area contributed by atoms with Crippen LogP contribution in [0.3, 0.4) is 0 Å². The van der Waals surface area contributed by atoms with Crippen molar-refractivity contribution in [3.63, 3.8) is 0 Å². The number of hydrogen-bond acceptors (Lipinski definition) is 6. The van der Waals surface area contributed by atoms with Crippen LogP contribution in [0.15, 0.2) is 38.2 Å². The molecule has 0 bridgehead atoms. The second-order valence-electron chi connectivity index (χ2n) is 5.92. The Morgan fingerprint density at radius 2 is 2.07 bits per heavy atom. The topological polar surface area (TPSA) is 83.0 Å². The Kier molecular flexibility index (Phi) is 7.25. The van der Waals surface area contributed by atoms with Crippen LogP contribution in [0.25, 0.3) is 0 Å². The minimum Gasteiger partial charge on any atom is -0.379 e. The molecule has 3 rings (SSSR count). The van der Waals surface area contributed by atoms with Gasteiger partial charge in [-0.05, 0) is 41.4 Å². The summed E-state index contributed by atoms with van der Waals surface area (Å²) in [7, 11) is -3.43. The standard InChI is InChI=1S/C17H24N4O3S3/c1-2-18-17(19-11-14-5-10-25-13-14)20-12-15-3-4-16(26-15)27(22,23)21-6-8-24-9-7-21/h3-5,10,13H,2,6-9,11-12H2,1H3,(H2,18,19,20). The SMILES string of the molecule is CCNC(=NCc1ccsc1)NCc1ccc(S(=O)(=O)N2CCOCC2)s1. The summed E-state index contributed by atoms with van der Waals surface area (Å²) in [6.45, 7) is 5.63. The fraction of sp³-hybridized carbons (Fsp3) is 0.471. The third-order valence-corrected chi connectivity index (χ3v) is 8.16. The Morgan fingerprint density at radius 1 is 1.26 bits per heavy atom. The quantitative estimate of drug-likeness (QED) is 0.521. The summed E-state index contributed by atoms with van der Waals surface area (Å²) >= 11 is 2.95. The molecule has 7 nitrogen and oxygen atoms in total. The van der Waals surface area contributed by atoms with Gasteiger partial charge in [0.25, 0.3) is 10.0 Å². The van der Waals surface area contributed by atoms with E-state index in [1.165, 1.54) is 21.2 Å². The fourth-order valence-corrected chi connectivity index (χ4v) is 6.09. The van der Waals surface area contributed by atoms with Crippen LogP contribution >= 0.6 is 22.7 Å². The van der Waals surface area contributed by atoms with Crippen LogP contribution in [0, 0.1) is 0 Å². The van der Waals surface area contributed by atoms with E-state index < -0.39 is 10.0 Å². The monoisotopic (exact) mass is 428 g/mol. The van der Waals surface area contributed by atoms with Crippen molar-refractivity contribution in [3.8, 4) is 0 Å². The molecule has 0 atom stereocenters. The first kappa shape index (κ1) is 20.3. The molecule has 2 N–H and O–H groups in total. The molecule has 0 aliphatic carbocycles. The largest absolute Gasteiger partial charge is 0.379 e. The first-order chi connectivity index (χ1) is 13.1. The Hall–Kier alpha value is -1.46. The van der Waals surface area contributed by atoms with Crippen molar-refractivity contribution in [2.45, 2.75) is 24.2 Å². The lowest BCUT2D eigenvalue weighted by Gasteiger charge is -2.25. The Morgan fingerprint density at radius 3 is 2.78 bits per heavy atom. The molecule has 148 valence electrons. The first-order valence-electron chi connectivity index (χ1n) is 8.79. The summed E-state index contributed by atoms with van der Waals surface area (Å²) in [5.41, 5.74) is 1.17. The van der Waals surface area contributed by atoms with Crippen molar-refractivity contribution in [1.29, 1.82) is 0 Å². The summed E-state index contributed by atoms with van der Waals surface area (Å²) in [6, 6.07) is 5.59. The zero-order valence-electron chi connectivity index (χ0n) is 15.2. The van der Waals surface area contributed by atoms with Gasteiger partial charge in [-0.15, -0.1) is 11.3 Å². The molecule has 1 fully saturated rings. The molecular formula is C17H24N4O3S3. The van der Waals surface area contributed by atoms with Gasteiger partial charge in [0, 0.05) is 24.5 Å². The van der Waals surface area contributed by atoms with Crippen LogP contribution in [0.1, 0.15) is 17.4 Å². The maximum atomic E-state index is 12.7. The second kappa shape index (κ2) is 9.65. The molecule has 0 amide bonds. The third kappa shape index (κ3) is 5.52. The first-order valence-corrected chi connectivity index (χ1v) is 12.0. The van der Waals surface area contributed by atoms with Crippen molar-refractivity contribution in [2.75, 3.05) is 32.8 Å². The Bertz CT molecular complexity index is 841. The molecule has 0 radical (unpaired) electrons. The summed E-state index contributed by atoms with van der Waals surface area (Å²) < 4.78 is 32.5. The van der Waals surface area contributed by atoms with E-state index in [-0.39, 0.29) is 0 Å². The van der Waals surface area contributed by atoms with Crippen LogP contribution in [0.4, 0.5) is 0 Å². The number of guanidine groups is 1. The van der Waals surface area contributed by atoms with Crippen LogP contribution in [-0.4, -0.2) is 51.5 Å². The highest BCUT2D eigenvalue weighted by Crippen LogP contribution is 2.25. The average molecular weight is 429 g/mol. The minimum absolute atomic E-state index is 0.376. The summed E-state index contributed by atoms with van der Waals surface area (Å²) in [5.74, 6) is 0.717. The van der Waals surface area contributed by atoms with Gasteiger partial charge in [0.2, 0.25) is 0 Å². The zero-order valence-corrected chi connectivity index (χ0v) is 17.6. The average Bonchev–Trinajstić information content (AvgIpc) is 3.37. The van der Waals surface area contributed by atoms with E-state index in [1.54, 1.807) is 17.4 Å². The number of aliphatic imine (C=N–C) groups is 1. The minimum atomic E-state index is -3.43. The number of nitrogens with one attached hydrogen (secondary N) is 2. The van der Waals surface area contributed by atoms with Gasteiger partial charge in [0.15, 0.2) is 5.96 Å². The molecule has 0 spiro atoms. The number of hydrogen-bond donors (Lipinski definition) is 2. The van der Waals surface area contributed by atoms with Crippen LogP contribution < -0.4 is 10.6 Å². The normalized spacial score (nSPS) is 16.4. The van der Waals surface area contributed by atoms with Crippen molar-refractivity contribution in [3.05, 3.63) is 39.4 Å². The number of morpholine rings is 1. The summed E-state index contributed by atoms with van der Waals surface area (Å²) in [6.07, 6.45) is 0. The van der Waals surface area contributed by atoms with Gasteiger partial charge in [-0.1, -0.05) is 0 Å². The summed E-state index contributed by atoms with van der Waals surface area (Å²) in [4.78, 5) is 5.51. The smallest absolute Gasteiger partial charge is 0.252 e. The molecule has 2 aromatic heterocycles. The third-order valence-electron chi connectivity index (χ3n) is 3.98. The number of rotatable bonds is 7. The molecule has 0 unspecified atom stereocenters. The van der Waals surface area contributed by atoms with Crippen molar-refractivity contribution < 1.29 is 13.2 Å². The lowest BCUT2D eigenvalue weighted by molar-refractivity contribution is 0.0731. The predicted octanol–water partition coefficient (Wildman–Crippen LogP) is 2.09. The highest BCUT2D eigenvalue weighted by Gasteiger charge is 2.27. The second-order valence-corrected chi connectivity index (χ2v) is 10.0. The lowest BCUT2D eigenvalue weighted by atomic mass is 10.3. The van der Waals surface area contributed by atoms with Crippen LogP contribution in [0.2, 0.25) is 0 Å². The number of sulfonamides is 1. The fourth-order valence-electron chi connectivity index (χ4n) is 2.57. The van der Waals surface area contributed by atoms with Gasteiger partial charge in [-0.3, -0.25) is 0 Å². The summed E-state index contributed by atoms with van der Waals surface area (Å²) in [5, 5.41) is 10.6. The molecule has 0 saturated carbocycles. The van der Waals surface area contributed by atoms with E-state index in [4.69, 9.17) is 4.74 Å². The van der Waals surface area contributed by atoms with E-state index in [1.807, 2.05) is 18.4 Å². The van der Waals surface area contributed by atoms with Gasteiger partial charge in [-0.25, -0.2) is 13.4 Å². The van der Waals surface area contributed by atoms with Gasteiger partial charge >= 0.3 is 0 Å². The van der Waals surface area contributed by atoms with Gasteiger partial charge in [-0.2, -0.15) is 15.6 Å². The molecule has 2 aromatic rings. The van der Waals surface area contributed by atoms with Crippen molar-refractivity contribution >= 4 is 38.7 Å². The van der Waals surface area contributed by atoms with E-state index in [0.717, 1.165) is 17.4 Å². The molecule has 1 aliphatic heterocycles. The lowest BCUT2D eigenvalue weighted by Crippen LogP contribution is -2.40. The zero-order chi connectivity index (χ0) is 19.1. The molecule has 27 heavy (non-hydrogen) atoms. The molecule has 1 saturated heterocycles. The van der Waals surface area contributed by atoms with Crippen molar-refractivity contribution in [2.24, 2.45) is 4.99 Å². The highest BCUT2D eigenvalue weighted by atomic mass is 32.2. The van der Waals surface area contributed by atoms with E-state index in [9.17, 15) is 8.42 Å². The van der Waals surface area contributed by atoms with Crippen LogP contribution in [0.5, 0.6) is 0 Å². The maximum Gasteiger partial charge on any atom is 0.252 e. The van der Waals surface area contributed by atoms with Crippen LogP contribution in [-0.2, 0) is 27.8 Å². The molecule has 3 heterocycles. The van der Waals surface area contributed by atoms with Gasteiger partial charge in [0.1, 0.15) is 4.21 Å². The molecule has 1 aliphatic rings. The van der Waals surface area contributed by atoms with E-state index in [2.05, 4.69) is 27.1 Å². The Balaban J connectivity index is 1.61. The predicted molar refractivity (Wildman–Crippen MR) is 110 cm³/mol. The molecular weight excluding hydrogens is 404 g/mol. The maximum absolute atomic E-state index is 12.7.